The van der Waals surface area contributed by atoms with Gasteiger partial charge in [0.15, 0.2) is 0 Å². The van der Waals surface area contributed by atoms with Crippen LogP contribution in [0.15, 0.2) is 54.2 Å². The molecule has 3 rings (SSSR count). The van der Waals surface area contributed by atoms with Crippen LogP contribution in [-0.4, -0.2) is 37.8 Å². The van der Waals surface area contributed by atoms with Gasteiger partial charge in [0.1, 0.15) is 0 Å². The summed E-state index contributed by atoms with van der Waals surface area (Å²) in [7, 11) is -1.59. The number of hydrogen-bond acceptors (Lipinski definition) is 1. The van der Waals surface area contributed by atoms with E-state index in [-0.39, 0.29) is 34.7 Å². The minimum atomic E-state index is -1.59. The van der Waals surface area contributed by atoms with Gasteiger partial charge >= 0.3 is 21.7 Å². The molecule has 1 saturated heterocycles. The maximum absolute atomic E-state index is 5.34. The second kappa shape index (κ2) is 13.1. The molecular formula is C26H42N2SiTi. The van der Waals surface area contributed by atoms with Crippen molar-refractivity contribution >= 4 is 8.24 Å². The molecule has 1 aliphatic heterocycles. The molecule has 30 heavy (non-hydrogen) atoms. The van der Waals surface area contributed by atoms with Gasteiger partial charge in [-0.1, -0.05) is 83.4 Å². The molecule has 3 aliphatic rings. The molecule has 0 aromatic carbocycles. The summed E-state index contributed by atoms with van der Waals surface area (Å²) in [4.78, 5) is 8.12. The van der Waals surface area contributed by atoms with Crippen LogP contribution in [0.3, 0.4) is 0 Å². The largest absolute Gasteiger partial charge is 2.00 e. The maximum Gasteiger partial charge on any atom is 2.00 e. The monoisotopic (exact) mass is 458 g/mol. The van der Waals surface area contributed by atoms with Crippen LogP contribution in [0, 0.1) is 19.3 Å². The van der Waals surface area contributed by atoms with E-state index in [0.717, 1.165) is 23.4 Å². The van der Waals surface area contributed by atoms with Crippen LogP contribution in [0.2, 0.25) is 18.6 Å². The van der Waals surface area contributed by atoms with Crippen molar-refractivity contribution in [3.8, 4) is 0 Å². The van der Waals surface area contributed by atoms with Crippen LogP contribution in [0.4, 0.5) is 0 Å². The molecule has 0 bridgehead atoms. The van der Waals surface area contributed by atoms with Gasteiger partial charge in [-0.2, -0.15) is 0 Å². The van der Waals surface area contributed by atoms with Gasteiger partial charge in [-0.25, -0.2) is 0 Å². The van der Waals surface area contributed by atoms with Crippen molar-refractivity contribution in [2.24, 2.45) is 11.8 Å². The van der Waals surface area contributed by atoms with Gasteiger partial charge in [-0.3, -0.25) is 4.90 Å². The average molecular weight is 459 g/mol. The first-order valence-corrected chi connectivity index (χ1v) is 13.9. The summed E-state index contributed by atoms with van der Waals surface area (Å²) in [5.41, 5.74) is 8.50. The van der Waals surface area contributed by atoms with E-state index < -0.39 is 8.24 Å². The summed E-state index contributed by atoms with van der Waals surface area (Å²) < 4.78 is 0. The van der Waals surface area contributed by atoms with Crippen LogP contribution in [0.1, 0.15) is 47.0 Å². The number of fused-ring (bicyclic) bond motifs is 1. The van der Waals surface area contributed by atoms with Gasteiger partial charge in [-0.15, -0.1) is 5.54 Å². The Morgan fingerprint density at radius 3 is 2.13 bits per heavy atom. The Balaban J connectivity index is 0.000000930. The standard InChI is InChI=1S/C19H33N2Si.C6H6.CH3.Ti/c1-19(2,3)20-22(4,5)18-14-17(21-12-8-9-13-21)15-10-6-7-11-16(15)18;1-3-5-6-4-2;;/h6-7,10-11,15-18H,8-9,12-14H2,1-5H3;4H,1H2,2H3;1H3;/q-1;;-1;+2. The van der Waals surface area contributed by atoms with E-state index in [1.807, 2.05) is 6.92 Å². The molecule has 164 valence electrons. The quantitative estimate of drug-likeness (QED) is 0.251. The first kappa shape index (κ1) is 29.4. The van der Waals surface area contributed by atoms with Crippen molar-refractivity contribution in [2.75, 3.05) is 13.1 Å². The first-order chi connectivity index (χ1) is 13.2. The molecule has 4 atom stereocenters. The number of likely N-dealkylation sites (tertiary alicyclic amines) is 1. The molecular weight excluding hydrogens is 416 g/mol. The predicted molar refractivity (Wildman–Crippen MR) is 132 cm³/mol. The van der Waals surface area contributed by atoms with Crippen LogP contribution in [-0.2, 0) is 21.7 Å². The van der Waals surface area contributed by atoms with Crippen LogP contribution < -0.4 is 0 Å². The normalized spacial score (nSPS) is 27.3. The summed E-state index contributed by atoms with van der Waals surface area (Å²) in [5.74, 6) is 1.46. The van der Waals surface area contributed by atoms with Crippen LogP contribution >= 0.6 is 0 Å². The fraction of sp³-hybridized carbons (Fsp3) is 0.615. The van der Waals surface area contributed by atoms with Crippen molar-refractivity contribution in [1.29, 1.82) is 0 Å². The summed E-state index contributed by atoms with van der Waals surface area (Å²) in [6.07, 6.45) is 15.5. The molecule has 0 aromatic heterocycles. The molecule has 1 heterocycles. The Bertz CT molecular complexity index is 693. The van der Waals surface area contributed by atoms with Gasteiger partial charge in [-0.05, 0) is 69.5 Å². The molecule has 4 heteroatoms. The number of nitrogens with zero attached hydrogens (tertiary/aromatic N) is 2. The molecule has 0 N–H and O–H groups in total. The van der Waals surface area contributed by atoms with Crippen molar-refractivity contribution in [1.82, 2.24) is 4.90 Å². The average Bonchev–Trinajstić information content (AvgIpc) is 3.26. The summed E-state index contributed by atoms with van der Waals surface area (Å²) in [5, 5.41) is 0. The Morgan fingerprint density at radius 1 is 1.10 bits per heavy atom. The van der Waals surface area contributed by atoms with Crippen LogP contribution in [0.5, 0.6) is 0 Å². The molecule has 2 aliphatic carbocycles. The van der Waals surface area contributed by atoms with Gasteiger partial charge in [0.25, 0.3) is 0 Å². The van der Waals surface area contributed by atoms with E-state index in [0.29, 0.717) is 0 Å². The molecule has 0 amide bonds. The first-order valence-electron chi connectivity index (χ1n) is 10.8. The third-order valence-corrected chi connectivity index (χ3v) is 9.75. The van der Waals surface area contributed by atoms with Crippen molar-refractivity contribution in [3.63, 3.8) is 0 Å². The molecule has 2 nitrogen and oxygen atoms in total. The second-order valence-corrected chi connectivity index (χ2v) is 14.0. The summed E-state index contributed by atoms with van der Waals surface area (Å²) >= 11 is 0. The third kappa shape index (κ3) is 8.16. The minimum Gasteiger partial charge on any atom is -0.660 e. The molecule has 0 spiro atoms. The van der Waals surface area contributed by atoms with Crippen molar-refractivity contribution < 1.29 is 21.7 Å². The zero-order valence-electron chi connectivity index (χ0n) is 20.3. The van der Waals surface area contributed by atoms with E-state index in [1.165, 1.54) is 32.4 Å². The van der Waals surface area contributed by atoms with Crippen LogP contribution in [0.25, 0.3) is 4.98 Å². The van der Waals surface area contributed by atoms with Crippen molar-refractivity contribution in [3.05, 3.63) is 66.6 Å². The summed E-state index contributed by atoms with van der Waals surface area (Å²) in [6, 6.07) is 0.764. The van der Waals surface area contributed by atoms with Gasteiger partial charge in [0, 0.05) is 6.04 Å². The van der Waals surface area contributed by atoms with E-state index >= 15 is 0 Å². The van der Waals surface area contributed by atoms with Gasteiger partial charge < -0.3 is 12.4 Å². The van der Waals surface area contributed by atoms with E-state index in [4.69, 9.17) is 4.98 Å². The Labute approximate surface area is 202 Å². The Morgan fingerprint density at radius 2 is 1.67 bits per heavy atom. The minimum absolute atomic E-state index is 0. The van der Waals surface area contributed by atoms with Gasteiger partial charge in [0.2, 0.25) is 0 Å². The number of hydrogen-bond donors (Lipinski definition) is 0. The smallest absolute Gasteiger partial charge is 0.660 e. The van der Waals surface area contributed by atoms with E-state index in [9.17, 15) is 0 Å². The van der Waals surface area contributed by atoms with E-state index in [2.05, 4.69) is 86.8 Å². The fourth-order valence-corrected chi connectivity index (χ4v) is 9.29. The zero-order chi connectivity index (χ0) is 20.8. The molecule has 1 saturated carbocycles. The summed E-state index contributed by atoms with van der Waals surface area (Å²) in [6.45, 7) is 19.6. The Kier molecular flexibility index (Phi) is 12.8. The molecule has 2 fully saturated rings. The molecule has 4 unspecified atom stereocenters. The fourth-order valence-electron chi connectivity index (χ4n) is 5.30. The van der Waals surface area contributed by atoms with Gasteiger partial charge in [0.05, 0.1) is 0 Å². The molecule has 0 aromatic rings. The second-order valence-electron chi connectivity index (χ2n) is 9.75. The number of rotatable bonds is 3. The van der Waals surface area contributed by atoms with E-state index in [1.54, 1.807) is 6.08 Å². The van der Waals surface area contributed by atoms with Crippen molar-refractivity contribution in [2.45, 2.75) is 77.2 Å². The maximum atomic E-state index is 5.34. The zero-order valence-corrected chi connectivity index (χ0v) is 22.9. The third-order valence-electron chi connectivity index (χ3n) is 6.07. The Hall–Kier alpha value is -0.589. The number of allylic oxidation sites excluding steroid dienone is 4. The predicted octanol–water partition coefficient (Wildman–Crippen LogP) is 7.07. The SMILES string of the molecule is C=C=C=C=CC.CC(C)(C)[N-][Si](C)(C)C1CC(N2CCCC2)C2C=CC=CC21.[CH3-].[Ti+2]. The molecule has 0 radical (unpaired) electrons. The topological polar surface area (TPSA) is 17.3 Å².